The van der Waals surface area contributed by atoms with Crippen molar-refractivity contribution in [3.8, 4) is 5.75 Å². The minimum atomic E-state index is -0.550. The first-order valence-electron chi connectivity index (χ1n) is 5.32. The number of carbonyl (C=O) groups is 1. The van der Waals surface area contributed by atoms with Crippen LogP contribution in [0.15, 0.2) is 36.8 Å². The van der Waals surface area contributed by atoms with Crippen molar-refractivity contribution >= 4 is 5.78 Å². The van der Waals surface area contributed by atoms with Crippen LogP contribution in [0, 0.1) is 5.82 Å². The summed E-state index contributed by atoms with van der Waals surface area (Å²) in [7, 11) is 1.38. The van der Waals surface area contributed by atoms with Gasteiger partial charge in [0.15, 0.2) is 17.3 Å². The molecule has 0 atom stereocenters. The van der Waals surface area contributed by atoms with Gasteiger partial charge in [0, 0.05) is 11.8 Å². The summed E-state index contributed by atoms with van der Waals surface area (Å²) in [5.74, 6) is -0.630. The lowest BCUT2D eigenvalue weighted by molar-refractivity contribution is 0.0991. The van der Waals surface area contributed by atoms with Crippen molar-refractivity contribution in [2.45, 2.75) is 6.42 Å². The molecule has 92 valence electrons. The lowest BCUT2D eigenvalue weighted by atomic mass is 10.1. The van der Waals surface area contributed by atoms with Crippen molar-refractivity contribution in [1.82, 2.24) is 9.97 Å². The smallest absolute Gasteiger partial charge is 0.168 e. The zero-order valence-corrected chi connectivity index (χ0v) is 9.76. The second-order valence-electron chi connectivity index (χ2n) is 3.65. The number of halogens is 1. The van der Waals surface area contributed by atoms with E-state index in [4.69, 9.17) is 4.74 Å². The standard InChI is InChI=1S/C13H11FN2O2/c1-18-13-3-2-9(6-11(13)14)12(17)7-10-4-5-15-8-16-10/h2-6,8H,7H2,1H3. The molecule has 0 unspecified atom stereocenters. The molecule has 0 aliphatic rings. The molecule has 0 fully saturated rings. The second-order valence-corrected chi connectivity index (χ2v) is 3.65. The fourth-order valence-corrected chi connectivity index (χ4v) is 1.53. The van der Waals surface area contributed by atoms with E-state index >= 15 is 0 Å². The second kappa shape index (κ2) is 5.35. The monoisotopic (exact) mass is 246 g/mol. The van der Waals surface area contributed by atoms with E-state index < -0.39 is 5.82 Å². The Morgan fingerprint density at radius 2 is 2.22 bits per heavy atom. The third-order valence-corrected chi connectivity index (χ3v) is 2.46. The molecule has 0 saturated heterocycles. The van der Waals surface area contributed by atoms with E-state index in [0.29, 0.717) is 11.3 Å². The van der Waals surface area contributed by atoms with Gasteiger partial charge in [-0.05, 0) is 24.3 Å². The molecule has 4 nitrogen and oxygen atoms in total. The van der Waals surface area contributed by atoms with Crippen LogP contribution >= 0.6 is 0 Å². The number of rotatable bonds is 4. The van der Waals surface area contributed by atoms with E-state index in [2.05, 4.69) is 9.97 Å². The minimum Gasteiger partial charge on any atom is -0.494 e. The Hall–Kier alpha value is -2.30. The summed E-state index contributed by atoms with van der Waals surface area (Å²) < 4.78 is 18.2. The summed E-state index contributed by atoms with van der Waals surface area (Å²) in [5.41, 5.74) is 0.901. The number of hydrogen-bond acceptors (Lipinski definition) is 4. The summed E-state index contributed by atoms with van der Waals surface area (Å²) in [5, 5.41) is 0. The van der Waals surface area contributed by atoms with E-state index in [1.54, 1.807) is 12.3 Å². The Bertz CT molecular complexity index is 558. The predicted octanol–water partition coefficient (Wildman–Crippen LogP) is 2.05. The van der Waals surface area contributed by atoms with Crippen LogP contribution in [0.5, 0.6) is 5.75 Å². The summed E-state index contributed by atoms with van der Waals surface area (Å²) in [6.07, 6.45) is 3.05. The molecule has 1 heterocycles. The summed E-state index contributed by atoms with van der Waals surface area (Å²) in [4.78, 5) is 19.6. The molecule has 0 bridgehead atoms. The Balaban J connectivity index is 2.17. The fourth-order valence-electron chi connectivity index (χ4n) is 1.53. The van der Waals surface area contributed by atoms with Gasteiger partial charge >= 0.3 is 0 Å². The van der Waals surface area contributed by atoms with E-state index in [0.717, 1.165) is 0 Å². The zero-order valence-electron chi connectivity index (χ0n) is 9.76. The van der Waals surface area contributed by atoms with Gasteiger partial charge < -0.3 is 4.74 Å². The van der Waals surface area contributed by atoms with Crippen LogP contribution < -0.4 is 4.74 Å². The molecule has 0 aliphatic carbocycles. The largest absolute Gasteiger partial charge is 0.494 e. The minimum absolute atomic E-state index is 0.119. The van der Waals surface area contributed by atoms with Gasteiger partial charge in [-0.3, -0.25) is 4.79 Å². The maximum Gasteiger partial charge on any atom is 0.168 e. The number of aromatic nitrogens is 2. The number of hydrogen-bond donors (Lipinski definition) is 0. The number of Topliss-reactive ketones (excluding diaryl/α,β-unsaturated/α-hetero) is 1. The predicted molar refractivity (Wildman–Crippen MR) is 63.0 cm³/mol. The van der Waals surface area contributed by atoms with Crippen molar-refractivity contribution in [3.63, 3.8) is 0 Å². The number of ether oxygens (including phenoxy) is 1. The van der Waals surface area contributed by atoms with Crippen LogP contribution in [0.1, 0.15) is 16.1 Å². The Morgan fingerprint density at radius 1 is 1.39 bits per heavy atom. The van der Waals surface area contributed by atoms with Crippen molar-refractivity contribution in [2.24, 2.45) is 0 Å². The first-order chi connectivity index (χ1) is 8.70. The molecule has 0 N–H and O–H groups in total. The number of benzene rings is 1. The van der Waals surface area contributed by atoms with Crippen molar-refractivity contribution in [1.29, 1.82) is 0 Å². The maximum atomic E-state index is 13.4. The third-order valence-electron chi connectivity index (χ3n) is 2.46. The van der Waals surface area contributed by atoms with Crippen LogP contribution in [0.3, 0.4) is 0 Å². The molecule has 0 spiro atoms. The highest BCUT2D eigenvalue weighted by Crippen LogP contribution is 2.18. The zero-order chi connectivity index (χ0) is 13.0. The van der Waals surface area contributed by atoms with E-state index in [1.807, 2.05) is 0 Å². The Morgan fingerprint density at radius 3 is 2.83 bits per heavy atom. The molecule has 0 aliphatic heterocycles. The van der Waals surface area contributed by atoms with Crippen molar-refractivity contribution in [3.05, 3.63) is 53.9 Å². The number of carbonyl (C=O) groups excluding carboxylic acids is 1. The van der Waals surface area contributed by atoms with Crippen molar-refractivity contribution < 1.29 is 13.9 Å². The van der Waals surface area contributed by atoms with Crippen LogP contribution in [0.25, 0.3) is 0 Å². The van der Waals surface area contributed by atoms with Gasteiger partial charge in [-0.2, -0.15) is 0 Å². The number of methoxy groups -OCH3 is 1. The molecule has 1 aromatic heterocycles. The van der Waals surface area contributed by atoms with Gasteiger partial charge in [0.25, 0.3) is 0 Å². The van der Waals surface area contributed by atoms with E-state index in [1.165, 1.54) is 31.6 Å². The van der Waals surface area contributed by atoms with Gasteiger partial charge in [0.05, 0.1) is 19.2 Å². The fraction of sp³-hybridized carbons (Fsp3) is 0.154. The summed E-state index contributed by atoms with van der Waals surface area (Å²) >= 11 is 0. The molecule has 2 aromatic rings. The van der Waals surface area contributed by atoms with Gasteiger partial charge in [-0.15, -0.1) is 0 Å². The molecular formula is C13H11FN2O2. The molecule has 1 aromatic carbocycles. The highest BCUT2D eigenvalue weighted by atomic mass is 19.1. The molecule has 5 heteroatoms. The molecule has 18 heavy (non-hydrogen) atoms. The SMILES string of the molecule is COc1ccc(C(=O)Cc2ccncn2)cc1F. The molecule has 0 radical (unpaired) electrons. The average molecular weight is 246 g/mol. The van der Waals surface area contributed by atoms with Crippen LogP contribution in [-0.2, 0) is 6.42 Å². The normalized spacial score (nSPS) is 10.1. The van der Waals surface area contributed by atoms with E-state index in [-0.39, 0.29) is 18.0 Å². The third kappa shape index (κ3) is 2.68. The molecular weight excluding hydrogens is 235 g/mol. The van der Waals surface area contributed by atoms with Gasteiger partial charge in [0.1, 0.15) is 6.33 Å². The van der Waals surface area contributed by atoms with Crippen molar-refractivity contribution in [2.75, 3.05) is 7.11 Å². The highest BCUT2D eigenvalue weighted by molar-refractivity contribution is 5.97. The van der Waals surface area contributed by atoms with Crippen LogP contribution in [-0.4, -0.2) is 22.9 Å². The molecule has 0 saturated carbocycles. The average Bonchev–Trinajstić information content (AvgIpc) is 2.39. The first kappa shape index (κ1) is 12.2. The molecule has 0 amide bonds. The highest BCUT2D eigenvalue weighted by Gasteiger charge is 2.11. The van der Waals surface area contributed by atoms with Gasteiger partial charge in [0.2, 0.25) is 0 Å². The Kier molecular flexibility index (Phi) is 3.62. The van der Waals surface area contributed by atoms with Gasteiger partial charge in [-0.25, -0.2) is 14.4 Å². The summed E-state index contributed by atoms with van der Waals surface area (Å²) in [6.45, 7) is 0. The van der Waals surface area contributed by atoms with Crippen LogP contribution in [0.4, 0.5) is 4.39 Å². The maximum absolute atomic E-state index is 13.4. The number of nitrogens with zero attached hydrogens (tertiary/aromatic N) is 2. The van der Waals surface area contributed by atoms with E-state index in [9.17, 15) is 9.18 Å². The topological polar surface area (TPSA) is 52.1 Å². The number of ketones is 1. The van der Waals surface area contributed by atoms with Crippen LogP contribution in [0.2, 0.25) is 0 Å². The van der Waals surface area contributed by atoms with Gasteiger partial charge in [-0.1, -0.05) is 0 Å². The lowest BCUT2D eigenvalue weighted by Gasteiger charge is -2.04. The Labute approximate surface area is 103 Å². The lowest BCUT2D eigenvalue weighted by Crippen LogP contribution is -2.06. The first-order valence-corrected chi connectivity index (χ1v) is 5.32. The summed E-state index contributed by atoms with van der Waals surface area (Å²) in [6, 6.07) is 5.79. The molecule has 2 rings (SSSR count). The quantitative estimate of drug-likeness (QED) is 0.775.